The molecule has 2 aromatic rings. The summed E-state index contributed by atoms with van der Waals surface area (Å²) in [7, 11) is 0. The zero-order chi connectivity index (χ0) is 24.4. The molecule has 0 spiro atoms. The number of benzene rings is 1. The number of fused-ring (bicyclic) bond motifs is 1. The van der Waals surface area contributed by atoms with E-state index in [0.29, 0.717) is 62.6 Å². The van der Waals surface area contributed by atoms with Gasteiger partial charge in [0.15, 0.2) is 5.69 Å². The molecule has 9 heteroatoms. The fourth-order valence-electron chi connectivity index (χ4n) is 5.26. The average Bonchev–Trinajstić information content (AvgIpc) is 3.48. The highest BCUT2D eigenvalue weighted by Crippen LogP contribution is 2.27. The molecule has 2 aliphatic heterocycles. The topological polar surface area (TPSA) is 101 Å². The number of aromatic nitrogens is 2. The average molecular weight is 478 g/mol. The summed E-state index contributed by atoms with van der Waals surface area (Å²) >= 11 is 0. The lowest BCUT2D eigenvalue weighted by Gasteiger charge is -2.32. The van der Waals surface area contributed by atoms with Gasteiger partial charge >= 0.3 is 0 Å². The van der Waals surface area contributed by atoms with E-state index < -0.39 is 0 Å². The minimum atomic E-state index is -0.0555. The lowest BCUT2D eigenvalue weighted by molar-refractivity contribution is -0.133. The van der Waals surface area contributed by atoms with Crippen molar-refractivity contribution < 1.29 is 19.1 Å². The van der Waals surface area contributed by atoms with Gasteiger partial charge in [-0.05, 0) is 38.3 Å². The van der Waals surface area contributed by atoms with Crippen molar-refractivity contribution in [2.24, 2.45) is 0 Å². The van der Waals surface area contributed by atoms with Crippen molar-refractivity contribution in [1.82, 2.24) is 19.6 Å². The van der Waals surface area contributed by atoms with Crippen LogP contribution in [0.1, 0.15) is 53.5 Å². The molecule has 3 heterocycles. The van der Waals surface area contributed by atoms with Gasteiger partial charge in [-0.2, -0.15) is 10.4 Å². The van der Waals surface area contributed by atoms with Crippen molar-refractivity contribution in [1.29, 1.82) is 5.26 Å². The third-order valence-corrected chi connectivity index (χ3v) is 7.12. The van der Waals surface area contributed by atoms with E-state index in [0.717, 1.165) is 30.5 Å². The largest absolute Gasteiger partial charge is 0.489 e. The molecule has 9 nitrogen and oxygen atoms in total. The normalized spacial score (nSPS) is 20.4. The van der Waals surface area contributed by atoms with Crippen LogP contribution in [-0.2, 0) is 28.9 Å². The summed E-state index contributed by atoms with van der Waals surface area (Å²) in [6.07, 6.45) is 4.07. The van der Waals surface area contributed by atoms with Gasteiger partial charge in [-0.15, -0.1) is 0 Å². The van der Waals surface area contributed by atoms with E-state index in [9.17, 15) is 14.9 Å². The van der Waals surface area contributed by atoms with E-state index >= 15 is 0 Å². The van der Waals surface area contributed by atoms with Gasteiger partial charge in [-0.1, -0.05) is 12.1 Å². The Morgan fingerprint density at radius 1 is 1.17 bits per heavy atom. The Morgan fingerprint density at radius 2 is 1.97 bits per heavy atom. The summed E-state index contributed by atoms with van der Waals surface area (Å²) in [6, 6.07) is 9.39. The molecule has 3 aliphatic rings. The van der Waals surface area contributed by atoms with Gasteiger partial charge in [0.25, 0.3) is 5.91 Å². The Labute approximate surface area is 205 Å². The number of piperidine rings is 1. The van der Waals surface area contributed by atoms with E-state index in [1.54, 1.807) is 10.7 Å². The molecule has 0 bridgehead atoms. The SMILES string of the molecule is C[C@H]1CN(C(=O)c2nn(CC(=O)N3CCC(Oc4ccccc4C#N)CC3)c3c2CCC3)CCO1. The minimum absolute atomic E-state index is 0.0112. The maximum atomic E-state index is 13.2. The number of nitriles is 1. The van der Waals surface area contributed by atoms with E-state index in [-0.39, 0.29) is 30.6 Å². The molecule has 184 valence electrons. The molecule has 0 radical (unpaired) electrons. The second kappa shape index (κ2) is 10.1. The second-order valence-electron chi connectivity index (χ2n) is 9.52. The van der Waals surface area contributed by atoms with Crippen LogP contribution in [-0.4, -0.2) is 76.4 Å². The van der Waals surface area contributed by atoms with Gasteiger partial charge < -0.3 is 19.3 Å². The van der Waals surface area contributed by atoms with Crippen LogP contribution in [0.5, 0.6) is 5.75 Å². The van der Waals surface area contributed by atoms with Crippen molar-refractivity contribution in [3.63, 3.8) is 0 Å². The number of morpholine rings is 1. The Morgan fingerprint density at radius 3 is 2.74 bits per heavy atom. The number of amides is 2. The number of para-hydroxylation sites is 1. The third kappa shape index (κ3) is 4.89. The zero-order valence-corrected chi connectivity index (χ0v) is 20.1. The summed E-state index contributed by atoms with van der Waals surface area (Å²) in [6.45, 7) is 4.98. The predicted molar refractivity (Wildman–Crippen MR) is 127 cm³/mol. The molecule has 2 amide bonds. The molecular formula is C26H31N5O4. The van der Waals surface area contributed by atoms with Crippen LogP contribution in [0.3, 0.4) is 0 Å². The Kier molecular flexibility index (Phi) is 6.73. The highest BCUT2D eigenvalue weighted by Gasteiger charge is 2.32. The van der Waals surface area contributed by atoms with Crippen LogP contribution in [0.4, 0.5) is 0 Å². The monoisotopic (exact) mass is 477 g/mol. The van der Waals surface area contributed by atoms with Crippen LogP contribution < -0.4 is 4.74 Å². The quantitative estimate of drug-likeness (QED) is 0.654. The van der Waals surface area contributed by atoms with Crippen LogP contribution in [0.25, 0.3) is 0 Å². The van der Waals surface area contributed by atoms with Gasteiger partial charge in [-0.25, -0.2) is 0 Å². The van der Waals surface area contributed by atoms with Crippen LogP contribution in [0, 0.1) is 11.3 Å². The van der Waals surface area contributed by atoms with E-state index in [2.05, 4.69) is 11.2 Å². The highest BCUT2D eigenvalue weighted by atomic mass is 16.5. The van der Waals surface area contributed by atoms with Gasteiger partial charge in [0.1, 0.15) is 24.5 Å². The highest BCUT2D eigenvalue weighted by molar-refractivity contribution is 5.94. The van der Waals surface area contributed by atoms with Crippen molar-refractivity contribution in [3.8, 4) is 11.8 Å². The lowest BCUT2D eigenvalue weighted by atomic mass is 10.1. The first-order chi connectivity index (χ1) is 17.0. The molecular weight excluding hydrogens is 446 g/mol. The Balaban J connectivity index is 1.21. The summed E-state index contributed by atoms with van der Waals surface area (Å²) in [5.74, 6) is 0.552. The summed E-state index contributed by atoms with van der Waals surface area (Å²) in [5, 5.41) is 13.9. The molecule has 2 saturated heterocycles. The standard InChI is InChI=1S/C26H31N5O4/c1-18-16-30(13-14-34-18)26(33)25-21-6-4-7-22(21)31(28-25)17-24(32)29-11-9-20(10-12-29)35-23-8-3-2-5-19(23)15-27/h2-3,5,8,18,20H,4,6-7,9-14,16-17H2,1H3/t18-/m0/s1. The number of likely N-dealkylation sites (tertiary alicyclic amines) is 1. The number of nitrogens with zero attached hydrogens (tertiary/aromatic N) is 5. The molecule has 0 unspecified atom stereocenters. The fourth-order valence-corrected chi connectivity index (χ4v) is 5.26. The first-order valence-electron chi connectivity index (χ1n) is 12.5. The number of ether oxygens (including phenoxy) is 2. The Hall–Kier alpha value is -3.38. The molecule has 1 atom stereocenters. The van der Waals surface area contributed by atoms with Crippen LogP contribution in [0.2, 0.25) is 0 Å². The first-order valence-corrected chi connectivity index (χ1v) is 12.5. The maximum Gasteiger partial charge on any atom is 0.274 e. The fraction of sp³-hybridized carbons (Fsp3) is 0.538. The lowest BCUT2D eigenvalue weighted by Crippen LogP contribution is -2.45. The molecule has 0 saturated carbocycles. The van der Waals surface area contributed by atoms with Gasteiger partial charge in [0.2, 0.25) is 5.91 Å². The van der Waals surface area contributed by atoms with Gasteiger partial charge in [0.05, 0.1) is 18.3 Å². The zero-order valence-electron chi connectivity index (χ0n) is 20.1. The van der Waals surface area contributed by atoms with E-state index in [4.69, 9.17) is 9.47 Å². The van der Waals surface area contributed by atoms with Crippen molar-refractivity contribution in [3.05, 3.63) is 46.8 Å². The number of carbonyl (C=O) groups excluding carboxylic acids is 2. The molecule has 0 N–H and O–H groups in total. The number of carbonyl (C=O) groups is 2. The smallest absolute Gasteiger partial charge is 0.274 e. The first kappa shape index (κ1) is 23.4. The molecule has 1 aliphatic carbocycles. The van der Waals surface area contributed by atoms with Crippen LogP contribution in [0.15, 0.2) is 24.3 Å². The van der Waals surface area contributed by atoms with E-state index in [1.165, 1.54) is 0 Å². The predicted octanol–water partition coefficient (Wildman–Crippen LogP) is 2.17. The van der Waals surface area contributed by atoms with E-state index in [1.807, 2.05) is 34.9 Å². The number of hydrogen-bond acceptors (Lipinski definition) is 6. The van der Waals surface area contributed by atoms with Crippen molar-refractivity contribution >= 4 is 11.8 Å². The van der Waals surface area contributed by atoms with Crippen LogP contribution >= 0.6 is 0 Å². The molecule has 1 aromatic heterocycles. The summed E-state index contributed by atoms with van der Waals surface area (Å²) in [5.41, 5.74) is 3.05. The molecule has 1 aromatic carbocycles. The van der Waals surface area contributed by atoms with Crippen molar-refractivity contribution in [2.45, 2.75) is 57.8 Å². The summed E-state index contributed by atoms with van der Waals surface area (Å²) < 4.78 is 13.4. The number of hydrogen-bond donors (Lipinski definition) is 0. The minimum Gasteiger partial charge on any atom is -0.489 e. The second-order valence-corrected chi connectivity index (χ2v) is 9.52. The molecule has 2 fully saturated rings. The number of rotatable bonds is 5. The van der Waals surface area contributed by atoms with Gasteiger partial charge in [-0.3, -0.25) is 14.3 Å². The Bertz CT molecular complexity index is 1150. The maximum absolute atomic E-state index is 13.2. The molecule has 5 rings (SSSR count). The third-order valence-electron chi connectivity index (χ3n) is 7.12. The van der Waals surface area contributed by atoms with Crippen molar-refractivity contribution in [2.75, 3.05) is 32.8 Å². The molecule has 35 heavy (non-hydrogen) atoms. The summed E-state index contributed by atoms with van der Waals surface area (Å²) in [4.78, 5) is 30.0. The van der Waals surface area contributed by atoms with Gasteiger partial charge in [0, 0.05) is 50.3 Å².